The van der Waals surface area contributed by atoms with Crippen LogP contribution >= 0.6 is 0 Å². The molecule has 2 aromatic rings. The number of aromatic nitrogens is 1. The number of para-hydroxylation sites is 1. The molecular weight excluding hydrogens is 472 g/mol. The SMILES string of the molecule is NCC(=O)NC(CCCN=C(N)N)C(=O)NC(Cc1c[nH]c2ccccc12)C(=O)NC(CO)C(=O)O. The number of carboxylic acid groups (broad SMARTS) is 1. The standard InChI is InChI=1S/C22H32N8O6/c23-9-18(32)28-15(6-3-7-26-22(24)25)19(33)29-16(20(34)30-17(11-31)21(35)36)8-12-10-27-14-5-2-1-4-13(12)14/h1-2,4-5,10,15-17,27,31H,3,6-9,11,23H2,(H,28,32)(H,29,33)(H,30,34)(H,35,36)(H4,24,25,26). The van der Waals surface area contributed by atoms with Crippen LogP contribution in [-0.4, -0.2) is 82.7 Å². The van der Waals surface area contributed by atoms with Crippen molar-refractivity contribution < 1.29 is 29.4 Å². The van der Waals surface area contributed by atoms with E-state index in [2.05, 4.69) is 25.9 Å². The second-order valence-corrected chi connectivity index (χ2v) is 7.98. The highest BCUT2D eigenvalue weighted by molar-refractivity contribution is 5.94. The fourth-order valence-electron chi connectivity index (χ4n) is 3.49. The van der Waals surface area contributed by atoms with Gasteiger partial charge in [0, 0.05) is 30.1 Å². The largest absolute Gasteiger partial charge is 0.480 e. The van der Waals surface area contributed by atoms with Gasteiger partial charge in [-0.25, -0.2) is 4.79 Å². The monoisotopic (exact) mass is 504 g/mol. The molecule has 3 unspecified atom stereocenters. The van der Waals surface area contributed by atoms with Gasteiger partial charge in [0.2, 0.25) is 17.7 Å². The molecule has 12 N–H and O–H groups in total. The zero-order valence-corrected chi connectivity index (χ0v) is 19.6. The first-order valence-electron chi connectivity index (χ1n) is 11.2. The number of aliphatic carboxylic acids is 1. The molecule has 2 rings (SSSR count). The van der Waals surface area contributed by atoms with Gasteiger partial charge in [0.25, 0.3) is 0 Å². The van der Waals surface area contributed by atoms with Gasteiger partial charge in [0.15, 0.2) is 5.96 Å². The molecule has 0 aliphatic carbocycles. The number of rotatable bonds is 14. The van der Waals surface area contributed by atoms with Crippen LogP contribution in [0.5, 0.6) is 0 Å². The lowest BCUT2D eigenvalue weighted by atomic mass is 10.0. The molecule has 0 saturated heterocycles. The minimum absolute atomic E-state index is 0.00487. The number of guanidine groups is 1. The summed E-state index contributed by atoms with van der Waals surface area (Å²) in [6.07, 6.45) is 2.17. The Kier molecular flexibility index (Phi) is 10.6. The maximum atomic E-state index is 13.1. The van der Waals surface area contributed by atoms with Crippen molar-refractivity contribution in [2.45, 2.75) is 37.4 Å². The molecule has 36 heavy (non-hydrogen) atoms. The number of hydrogen-bond donors (Lipinski definition) is 9. The van der Waals surface area contributed by atoms with E-state index in [9.17, 15) is 29.4 Å². The number of aliphatic hydroxyl groups excluding tert-OH is 1. The number of nitrogens with one attached hydrogen (secondary N) is 4. The first-order chi connectivity index (χ1) is 17.2. The number of H-pyrrole nitrogens is 1. The predicted molar refractivity (Wildman–Crippen MR) is 131 cm³/mol. The minimum Gasteiger partial charge on any atom is -0.480 e. The molecule has 196 valence electrons. The van der Waals surface area contributed by atoms with Crippen molar-refractivity contribution in [2.24, 2.45) is 22.2 Å². The summed E-state index contributed by atoms with van der Waals surface area (Å²) in [6.45, 7) is -0.983. The first kappa shape index (κ1) is 28.1. The number of fused-ring (bicyclic) bond motifs is 1. The molecule has 14 nitrogen and oxygen atoms in total. The van der Waals surface area contributed by atoms with Crippen LogP contribution in [0.4, 0.5) is 0 Å². The van der Waals surface area contributed by atoms with Gasteiger partial charge in [0.1, 0.15) is 18.1 Å². The molecule has 0 saturated carbocycles. The molecule has 14 heteroatoms. The number of aliphatic hydroxyl groups is 1. The number of amides is 3. The fraction of sp³-hybridized carbons (Fsp3) is 0.409. The molecule has 1 aromatic heterocycles. The van der Waals surface area contributed by atoms with Crippen molar-refractivity contribution in [3.63, 3.8) is 0 Å². The van der Waals surface area contributed by atoms with Crippen molar-refractivity contribution in [1.82, 2.24) is 20.9 Å². The third-order valence-corrected chi connectivity index (χ3v) is 5.31. The zero-order chi connectivity index (χ0) is 26.7. The summed E-state index contributed by atoms with van der Waals surface area (Å²) < 4.78 is 0. The number of aliphatic imine (C=N–C) groups is 1. The van der Waals surface area contributed by atoms with E-state index in [-0.39, 0.29) is 31.9 Å². The number of carboxylic acids is 1. The second kappa shape index (κ2) is 13.7. The van der Waals surface area contributed by atoms with E-state index in [0.717, 1.165) is 10.9 Å². The Hall–Kier alpha value is -4.17. The highest BCUT2D eigenvalue weighted by Gasteiger charge is 2.30. The lowest BCUT2D eigenvalue weighted by Crippen LogP contribution is -2.57. The summed E-state index contributed by atoms with van der Waals surface area (Å²) >= 11 is 0. The van der Waals surface area contributed by atoms with Crippen LogP contribution in [-0.2, 0) is 25.6 Å². The van der Waals surface area contributed by atoms with Gasteiger partial charge in [-0.05, 0) is 24.5 Å². The summed E-state index contributed by atoms with van der Waals surface area (Å²) in [5.74, 6) is -3.64. The summed E-state index contributed by atoms with van der Waals surface area (Å²) in [5.41, 5.74) is 17.5. The van der Waals surface area contributed by atoms with Crippen molar-refractivity contribution in [3.05, 3.63) is 36.0 Å². The molecule has 0 aliphatic rings. The molecule has 1 aromatic carbocycles. The number of benzene rings is 1. The Morgan fingerprint density at radius 1 is 1.00 bits per heavy atom. The van der Waals surface area contributed by atoms with E-state index in [0.29, 0.717) is 12.0 Å². The van der Waals surface area contributed by atoms with Crippen LogP contribution in [0.1, 0.15) is 18.4 Å². The average Bonchev–Trinajstić information content (AvgIpc) is 3.25. The molecular formula is C22H32N8O6. The van der Waals surface area contributed by atoms with E-state index < -0.39 is 48.4 Å². The van der Waals surface area contributed by atoms with Crippen LogP contribution in [0, 0.1) is 0 Å². The maximum absolute atomic E-state index is 13.1. The number of hydrogen-bond acceptors (Lipinski definition) is 7. The van der Waals surface area contributed by atoms with E-state index in [4.69, 9.17) is 17.2 Å². The van der Waals surface area contributed by atoms with Crippen molar-refractivity contribution in [2.75, 3.05) is 19.7 Å². The topological polar surface area (TPSA) is 251 Å². The highest BCUT2D eigenvalue weighted by Crippen LogP contribution is 2.19. The van der Waals surface area contributed by atoms with Crippen LogP contribution in [0.3, 0.4) is 0 Å². The Morgan fingerprint density at radius 3 is 2.31 bits per heavy atom. The van der Waals surface area contributed by atoms with Crippen molar-refractivity contribution in [3.8, 4) is 0 Å². The van der Waals surface area contributed by atoms with Gasteiger partial charge in [-0.3, -0.25) is 19.4 Å². The molecule has 1 heterocycles. The van der Waals surface area contributed by atoms with E-state index >= 15 is 0 Å². The van der Waals surface area contributed by atoms with Crippen molar-refractivity contribution >= 4 is 40.6 Å². The maximum Gasteiger partial charge on any atom is 0.328 e. The minimum atomic E-state index is -1.56. The van der Waals surface area contributed by atoms with Gasteiger partial charge in [-0.15, -0.1) is 0 Å². The van der Waals surface area contributed by atoms with Gasteiger partial charge >= 0.3 is 5.97 Å². The van der Waals surface area contributed by atoms with E-state index in [1.54, 1.807) is 6.20 Å². The number of nitrogens with two attached hydrogens (primary N) is 3. The summed E-state index contributed by atoms with van der Waals surface area (Å²) in [5, 5.41) is 26.6. The quantitative estimate of drug-likeness (QED) is 0.0733. The molecule has 0 fully saturated rings. The Labute approximate surface area is 206 Å². The lowest BCUT2D eigenvalue weighted by molar-refractivity contribution is -0.143. The fourth-order valence-corrected chi connectivity index (χ4v) is 3.49. The third-order valence-electron chi connectivity index (χ3n) is 5.31. The lowest BCUT2D eigenvalue weighted by Gasteiger charge is -2.24. The molecule has 0 radical (unpaired) electrons. The zero-order valence-electron chi connectivity index (χ0n) is 19.6. The highest BCUT2D eigenvalue weighted by atomic mass is 16.4. The average molecular weight is 505 g/mol. The molecule has 0 bridgehead atoms. The normalized spacial score (nSPS) is 13.3. The van der Waals surface area contributed by atoms with Crippen LogP contribution in [0.2, 0.25) is 0 Å². The van der Waals surface area contributed by atoms with Gasteiger partial charge in [-0.2, -0.15) is 0 Å². The Morgan fingerprint density at radius 2 is 1.67 bits per heavy atom. The number of carbonyl (C=O) groups excluding carboxylic acids is 3. The molecule has 3 atom stereocenters. The Bertz CT molecular complexity index is 1100. The Balaban J connectivity index is 2.26. The first-order valence-corrected chi connectivity index (χ1v) is 11.2. The van der Waals surface area contributed by atoms with Crippen molar-refractivity contribution in [1.29, 1.82) is 0 Å². The van der Waals surface area contributed by atoms with E-state index in [1.165, 1.54) is 0 Å². The summed E-state index contributed by atoms with van der Waals surface area (Å²) in [7, 11) is 0. The number of carbonyl (C=O) groups is 4. The molecule has 0 aliphatic heterocycles. The van der Waals surface area contributed by atoms with Gasteiger partial charge in [0.05, 0.1) is 13.2 Å². The van der Waals surface area contributed by atoms with Crippen LogP contribution in [0.25, 0.3) is 10.9 Å². The summed E-state index contributed by atoms with van der Waals surface area (Å²) in [6, 6.07) is 3.48. The van der Waals surface area contributed by atoms with Gasteiger partial charge in [-0.1, -0.05) is 18.2 Å². The van der Waals surface area contributed by atoms with E-state index in [1.807, 2.05) is 24.3 Å². The molecule has 0 spiro atoms. The number of aromatic amines is 1. The van der Waals surface area contributed by atoms with Crippen LogP contribution in [0.15, 0.2) is 35.5 Å². The smallest absolute Gasteiger partial charge is 0.328 e. The third kappa shape index (κ3) is 8.25. The predicted octanol–water partition coefficient (Wildman–Crippen LogP) is -2.75. The van der Waals surface area contributed by atoms with Crippen LogP contribution < -0.4 is 33.2 Å². The van der Waals surface area contributed by atoms with Gasteiger partial charge < -0.3 is 48.3 Å². The molecule has 3 amide bonds. The summed E-state index contributed by atoms with van der Waals surface area (Å²) in [4.78, 5) is 56.2. The second-order valence-electron chi connectivity index (χ2n) is 7.98. The number of nitrogens with zero attached hydrogens (tertiary/aromatic N) is 1.